The third-order valence-electron chi connectivity index (χ3n) is 9.18. The summed E-state index contributed by atoms with van der Waals surface area (Å²) in [6.45, 7) is 13.0. The van der Waals surface area contributed by atoms with Crippen molar-refractivity contribution >= 4 is 7.92 Å². The van der Waals surface area contributed by atoms with Crippen molar-refractivity contribution in [3.63, 3.8) is 0 Å². The molecule has 0 saturated heterocycles. The second kappa shape index (κ2) is 8.28. The van der Waals surface area contributed by atoms with E-state index in [2.05, 4.69) is 34.6 Å². The van der Waals surface area contributed by atoms with Crippen LogP contribution in [0.5, 0.6) is 0 Å². The predicted molar refractivity (Wildman–Crippen MR) is 122 cm³/mol. The van der Waals surface area contributed by atoms with Crippen molar-refractivity contribution in [1.29, 1.82) is 0 Å². The van der Waals surface area contributed by atoms with Crippen molar-refractivity contribution in [1.82, 2.24) is 0 Å². The second-order valence-corrected chi connectivity index (χ2v) is 15.2. The van der Waals surface area contributed by atoms with Crippen LogP contribution < -0.4 is 0 Å². The molecule has 27 heavy (non-hydrogen) atoms. The minimum Gasteiger partial charge on any atom is -0.0969 e. The molecule has 5 aliphatic rings. The molecule has 5 fully saturated rings. The van der Waals surface area contributed by atoms with Crippen molar-refractivity contribution in [3.8, 4) is 0 Å². The van der Waals surface area contributed by atoms with Gasteiger partial charge in [-0.2, -0.15) is 0 Å². The van der Waals surface area contributed by atoms with Crippen LogP contribution in [-0.2, 0) is 0 Å². The van der Waals surface area contributed by atoms with E-state index in [9.17, 15) is 0 Å². The highest BCUT2D eigenvalue weighted by Gasteiger charge is 2.53. The quantitative estimate of drug-likeness (QED) is 0.414. The fourth-order valence-electron chi connectivity index (χ4n) is 8.43. The SMILES string of the molecule is CCCCP(C1C2CC(C)CC(C)CC1C2)C1(C)CC(C)CC2CC(C2)C1. The van der Waals surface area contributed by atoms with Gasteiger partial charge in [-0.05, 0) is 123 Å². The van der Waals surface area contributed by atoms with E-state index < -0.39 is 0 Å². The summed E-state index contributed by atoms with van der Waals surface area (Å²) >= 11 is 0. The zero-order chi connectivity index (χ0) is 19.2. The van der Waals surface area contributed by atoms with E-state index in [0.717, 1.165) is 47.1 Å². The van der Waals surface area contributed by atoms with Crippen molar-refractivity contribution < 1.29 is 0 Å². The fourth-order valence-corrected chi connectivity index (χ4v) is 13.2. The summed E-state index contributed by atoms with van der Waals surface area (Å²) in [7, 11) is 0.201. The highest BCUT2D eigenvalue weighted by molar-refractivity contribution is 7.60. The molecule has 1 heteroatoms. The van der Waals surface area contributed by atoms with Crippen LogP contribution in [0.3, 0.4) is 0 Å². The maximum absolute atomic E-state index is 2.80. The third-order valence-corrected chi connectivity index (χ3v) is 13.3. The fraction of sp³-hybridized carbons (Fsp3) is 1.00. The largest absolute Gasteiger partial charge is 0.0969 e. The number of rotatable bonds is 5. The first-order valence-electron chi connectivity index (χ1n) is 12.6. The van der Waals surface area contributed by atoms with E-state index in [4.69, 9.17) is 0 Å². The van der Waals surface area contributed by atoms with Crippen molar-refractivity contribution in [3.05, 3.63) is 0 Å². The summed E-state index contributed by atoms with van der Waals surface area (Å²) in [5, 5.41) is 0.702. The normalized spacial score (nSPS) is 51.0. The topological polar surface area (TPSA) is 0 Å². The Labute approximate surface area is 171 Å². The Balaban J connectivity index is 1.58. The van der Waals surface area contributed by atoms with Gasteiger partial charge in [0, 0.05) is 0 Å². The van der Waals surface area contributed by atoms with Crippen molar-refractivity contribution in [2.75, 3.05) is 6.16 Å². The molecule has 5 rings (SSSR count). The van der Waals surface area contributed by atoms with Crippen LogP contribution >= 0.6 is 7.92 Å². The number of hydrogen-bond acceptors (Lipinski definition) is 0. The molecule has 5 saturated carbocycles. The van der Waals surface area contributed by atoms with Gasteiger partial charge in [0.05, 0.1) is 0 Å². The van der Waals surface area contributed by atoms with Crippen LogP contribution in [0.2, 0.25) is 0 Å². The molecule has 0 aromatic rings. The smallest absolute Gasteiger partial charge is 0.0115 e. The zero-order valence-electron chi connectivity index (χ0n) is 19.1. The molecule has 0 spiro atoms. The van der Waals surface area contributed by atoms with Crippen LogP contribution in [0.4, 0.5) is 0 Å². The maximum Gasteiger partial charge on any atom is -0.0115 e. The van der Waals surface area contributed by atoms with Gasteiger partial charge in [-0.1, -0.05) is 49.0 Å². The van der Waals surface area contributed by atoms with Gasteiger partial charge in [0.1, 0.15) is 0 Å². The van der Waals surface area contributed by atoms with Gasteiger partial charge in [0.2, 0.25) is 0 Å². The van der Waals surface area contributed by atoms with E-state index in [1.165, 1.54) is 19.3 Å². The van der Waals surface area contributed by atoms with Crippen LogP contribution in [0.25, 0.3) is 0 Å². The molecule has 0 radical (unpaired) electrons. The molecule has 4 bridgehead atoms. The number of unbranched alkanes of at least 4 members (excludes halogenated alkanes) is 1. The lowest BCUT2D eigenvalue weighted by Crippen LogP contribution is -2.49. The van der Waals surface area contributed by atoms with Gasteiger partial charge >= 0.3 is 0 Å². The first-order valence-corrected chi connectivity index (χ1v) is 14.2. The molecule has 156 valence electrons. The molecule has 5 aliphatic carbocycles. The van der Waals surface area contributed by atoms with Gasteiger partial charge < -0.3 is 0 Å². The summed E-state index contributed by atoms with van der Waals surface area (Å²) in [4.78, 5) is 0. The maximum atomic E-state index is 2.80. The van der Waals surface area contributed by atoms with Crippen LogP contribution in [0, 0.1) is 41.4 Å². The van der Waals surface area contributed by atoms with Crippen LogP contribution in [-0.4, -0.2) is 17.0 Å². The Bertz CT molecular complexity index is 474. The highest BCUT2D eigenvalue weighted by Crippen LogP contribution is 2.70. The number of fused-ring (bicyclic) bond motifs is 6. The van der Waals surface area contributed by atoms with Gasteiger partial charge in [0.25, 0.3) is 0 Å². The average molecular weight is 391 g/mol. The lowest BCUT2D eigenvalue weighted by Gasteiger charge is -2.59. The average Bonchev–Trinajstić information content (AvgIpc) is 2.51. The lowest BCUT2D eigenvalue weighted by atomic mass is 9.63. The first kappa shape index (κ1) is 20.7. The molecular weight excluding hydrogens is 343 g/mol. The van der Waals surface area contributed by atoms with Crippen LogP contribution in [0.1, 0.15) is 105 Å². The first-order chi connectivity index (χ1) is 12.9. The van der Waals surface area contributed by atoms with E-state index in [-0.39, 0.29) is 7.92 Å². The summed E-state index contributed by atoms with van der Waals surface area (Å²) in [5.74, 6) is 7.35. The van der Waals surface area contributed by atoms with Gasteiger partial charge in [-0.15, -0.1) is 0 Å². The molecule has 0 N–H and O–H groups in total. The Morgan fingerprint density at radius 2 is 1.41 bits per heavy atom. The Kier molecular flexibility index (Phi) is 6.35. The van der Waals surface area contributed by atoms with Gasteiger partial charge in [-0.3, -0.25) is 0 Å². The van der Waals surface area contributed by atoms with Crippen LogP contribution in [0.15, 0.2) is 0 Å². The molecule has 0 heterocycles. The Morgan fingerprint density at radius 3 is 2.04 bits per heavy atom. The van der Waals surface area contributed by atoms with E-state index in [1.54, 1.807) is 57.5 Å². The molecule has 0 aromatic carbocycles. The number of hydrogen-bond donors (Lipinski definition) is 0. The molecule has 7 unspecified atom stereocenters. The lowest BCUT2D eigenvalue weighted by molar-refractivity contribution is 0.0933. The van der Waals surface area contributed by atoms with Crippen molar-refractivity contribution in [2.24, 2.45) is 41.4 Å². The summed E-state index contributed by atoms with van der Waals surface area (Å²) in [5.41, 5.74) is 1.14. The standard InChI is InChI=1S/C26H47P/c1-6-7-8-27(25-23-11-18(2)9-19(3)12-24(25)15-23)26(5)16-20(4)10-21-13-22(14-21)17-26/h18-25H,6-17H2,1-5H3. The summed E-state index contributed by atoms with van der Waals surface area (Å²) in [6, 6.07) is 0. The Hall–Kier alpha value is 0.430. The Morgan fingerprint density at radius 1 is 0.741 bits per heavy atom. The van der Waals surface area contributed by atoms with E-state index in [1.807, 2.05) is 0 Å². The second-order valence-electron chi connectivity index (χ2n) is 12.2. The minimum absolute atomic E-state index is 0.201. The van der Waals surface area contributed by atoms with Crippen molar-refractivity contribution in [2.45, 2.75) is 116 Å². The highest BCUT2D eigenvalue weighted by atomic mass is 31.1. The zero-order valence-corrected chi connectivity index (χ0v) is 19.9. The predicted octanol–water partition coefficient (Wildman–Crippen LogP) is 8.33. The summed E-state index contributed by atoms with van der Waals surface area (Å²) in [6.07, 6.45) is 18.6. The van der Waals surface area contributed by atoms with E-state index >= 15 is 0 Å². The third kappa shape index (κ3) is 4.32. The van der Waals surface area contributed by atoms with Gasteiger partial charge in [0.15, 0.2) is 0 Å². The molecular formula is C26H47P. The summed E-state index contributed by atoms with van der Waals surface area (Å²) < 4.78 is 0. The van der Waals surface area contributed by atoms with E-state index in [0.29, 0.717) is 5.16 Å². The molecule has 0 nitrogen and oxygen atoms in total. The minimum atomic E-state index is 0.201. The monoisotopic (exact) mass is 390 g/mol. The molecule has 7 atom stereocenters. The van der Waals surface area contributed by atoms with Gasteiger partial charge in [-0.25, -0.2) is 0 Å². The molecule has 0 amide bonds. The molecule has 0 aliphatic heterocycles. The molecule has 0 aromatic heterocycles.